The molecule has 1 fully saturated rings. The Morgan fingerprint density at radius 2 is 1.45 bits per heavy atom. The van der Waals surface area contributed by atoms with Crippen LogP contribution in [0, 0.1) is 0 Å². The van der Waals surface area contributed by atoms with Gasteiger partial charge in [0.05, 0.1) is 6.61 Å². The predicted octanol–water partition coefficient (Wildman–Crippen LogP) is 3.77. The fourth-order valence-corrected chi connectivity index (χ4v) is 4.80. The Kier molecular flexibility index (Phi) is 11.4. The minimum Gasteiger partial charge on any atom is -0.508 e. The number of rotatable bonds is 11. The van der Waals surface area contributed by atoms with Crippen molar-refractivity contribution >= 4 is 23.9 Å². The highest BCUT2D eigenvalue weighted by molar-refractivity contribution is 5.94. The fraction of sp³-hybridized carbons (Fsp3) is 0.515. The van der Waals surface area contributed by atoms with Crippen molar-refractivity contribution in [1.29, 1.82) is 0 Å². The maximum atomic E-state index is 14.3. The first-order valence-electron chi connectivity index (χ1n) is 14.9. The van der Waals surface area contributed by atoms with Gasteiger partial charge < -0.3 is 35.2 Å². The topological polar surface area (TPSA) is 154 Å². The Bertz CT molecular complexity index is 1300. The van der Waals surface area contributed by atoms with Crippen molar-refractivity contribution in [3.63, 3.8) is 0 Å². The Balaban J connectivity index is 2.03. The van der Waals surface area contributed by atoms with Gasteiger partial charge in [-0.3, -0.25) is 9.59 Å². The summed E-state index contributed by atoms with van der Waals surface area (Å²) in [6.45, 7) is 9.40. The van der Waals surface area contributed by atoms with E-state index < -0.39 is 65.9 Å². The maximum absolute atomic E-state index is 14.3. The maximum Gasteiger partial charge on any atom is 0.408 e. The first-order chi connectivity index (χ1) is 20.6. The van der Waals surface area contributed by atoms with Crippen LogP contribution in [0.1, 0.15) is 78.0 Å². The van der Waals surface area contributed by atoms with Crippen molar-refractivity contribution in [2.24, 2.45) is 0 Å². The van der Waals surface area contributed by atoms with Gasteiger partial charge in [-0.1, -0.05) is 48.5 Å². The molecule has 1 aliphatic rings. The largest absolute Gasteiger partial charge is 0.508 e. The van der Waals surface area contributed by atoms with E-state index in [4.69, 9.17) is 9.47 Å². The molecule has 3 rings (SSSR count). The Hall–Kier alpha value is -4.12. The van der Waals surface area contributed by atoms with Crippen LogP contribution in [-0.2, 0) is 30.3 Å². The third-order valence-electron chi connectivity index (χ3n) is 6.94. The number of hydrogen-bond acceptors (Lipinski definition) is 8. The zero-order valence-electron chi connectivity index (χ0n) is 26.3. The van der Waals surface area contributed by atoms with Gasteiger partial charge in [0.25, 0.3) is 0 Å². The number of phenolic OH excluding ortho intramolecular Hbond substituents is 1. The van der Waals surface area contributed by atoms with Crippen LogP contribution < -0.4 is 10.6 Å². The molecule has 11 nitrogen and oxygen atoms in total. The number of carbonyl (C=O) groups is 4. The lowest BCUT2D eigenvalue weighted by Gasteiger charge is -2.43. The number of nitrogens with one attached hydrogen (secondary N) is 2. The van der Waals surface area contributed by atoms with E-state index in [0.29, 0.717) is 12.8 Å². The van der Waals surface area contributed by atoms with E-state index in [1.165, 1.54) is 17.0 Å². The molecule has 240 valence electrons. The minimum absolute atomic E-state index is 0.117. The number of ether oxygens (including phenoxy) is 2. The summed E-state index contributed by atoms with van der Waals surface area (Å²) in [6, 6.07) is 10.9. The van der Waals surface area contributed by atoms with Crippen LogP contribution in [0.3, 0.4) is 0 Å². The molecule has 0 spiro atoms. The monoisotopic (exact) mass is 611 g/mol. The van der Waals surface area contributed by atoms with Crippen molar-refractivity contribution < 1.29 is 38.9 Å². The van der Waals surface area contributed by atoms with E-state index in [1.807, 2.05) is 30.3 Å². The summed E-state index contributed by atoms with van der Waals surface area (Å²) in [5, 5.41) is 26.3. The second kappa shape index (κ2) is 14.6. The van der Waals surface area contributed by atoms with Gasteiger partial charge in [-0.25, -0.2) is 9.59 Å². The second-order valence-electron chi connectivity index (χ2n) is 13.0. The Morgan fingerprint density at radius 3 is 1.98 bits per heavy atom. The van der Waals surface area contributed by atoms with Crippen LogP contribution in [0.4, 0.5) is 4.79 Å². The minimum atomic E-state index is -1.43. The lowest BCUT2D eigenvalue weighted by Crippen LogP contribution is -2.59. The molecule has 0 heterocycles. The Labute approximate surface area is 258 Å². The van der Waals surface area contributed by atoms with Gasteiger partial charge in [0.2, 0.25) is 11.8 Å². The molecule has 44 heavy (non-hydrogen) atoms. The van der Waals surface area contributed by atoms with Gasteiger partial charge >= 0.3 is 12.1 Å². The average molecular weight is 612 g/mol. The molecule has 3 atom stereocenters. The van der Waals surface area contributed by atoms with E-state index in [1.54, 1.807) is 53.7 Å². The number of aliphatic hydroxyl groups is 1. The molecule has 0 bridgehead atoms. The fourth-order valence-electron chi connectivity index (χ4n) is 4.80. The van der Waals surface area contributed by atoms with Crippen LogP contribution >= 0.6 is 0 Å². The molecule has 4 N–H and O–H groups in total. The highest BCUT2D eigenvalue weighted by atomic mass is 16.6. The quantitative estimate of drug-likeness (QED) is 0.280. The Morgan fingerprint density at radius 1 is 0.864 bits per heavy atom. The van der Waals surface area contributed by atoms with Crippen molar-refractivity contribution in [3.8, 4) is 5.75 Å². The van der Waals surface area contributed by atoms with Gasteiger partial charge in [-0.05, 0) is 72.4 Å². The number of aromatic hydroxyl groups is 1. The number of amides is 3. The SMILES string of the molecule is CC(C)(C)OC(=O)NC(CO)C(=O)N(C1CCC1)C(C(=O)NC(Cc1ccccc1)C(=O)OC(C)(C)C)c1ccccc1O. The zero-order valence-corrected chi connectivity index (χ0v) is 26.3. The van der Waals surface area contributed by atoms with Crippen LogP contribution in [0.2, 0.25) is 0 Å². The normalized spacial score (nSPS) is 15.6. The number of benzene rings is 2. The molecule has 1 aliphatic carbocycles. The predicted molar refractivity (Wildman–Crippen MR) is 163 cm³/mol. The molecule has 0 aromatic heterocycles. The number of phenols is 1. The third-order valence-corrected chi connectivity index (χ3v) is 6.94. The summed E-state index contributed by atoms with van der Waals surface area (Å²) in [7, 11) is 0. The van der Waals surface area contributed by atoms with E-state index in [9.17, 15) is 29.4 Å². The number of aliphatic hydroxyl groups excluding tert-OH is 1. The summed E-state index contributed by atoms with van der Waals surface area (Å²) in [5.74, 6) is -2.36. The number of hydrogen-bond donors (Lipinski definition) is 4. The average Bonchev–Trinajstić information content (AvgIpc) is 2.89. The van der Waals surface area contributed by atoms with Gasteiger partial charge in [0.15, 0.2) is 0 Å². The van der Waals surface area contributed by atoms with Crippen LogP contribution in [0.5, 0.6) is 5.75 Å². The number of carbonyl (C=O) groups excluding carboxylic acids is 4. The number of nitrogens with zero attached hydrogens (tertiary/aromatic N) is 1. The number of esters is 1. The summed E-state index contributed by atoms with van der Waals surface area (Å²) in [4.78, 5) is 55.6. The standard InChI is InChI=1S/C33H45N3O8/c1-32(2,3)43-30(41)24(19-21-13-8-7-9-14-21)34-28(39)27(23-17-10-11-18-26(23)38)36(22-15-12-16-22)29(40)25(20-37)35-31(42)44-33(4,5)6/h7-11,13-14,17-18,22,24-25,27,37-38H,12,15-16,19-20H2,1-6H3,(H,34,39)(H,35,42). The molecule has 0 aliphatic heterocycles. The van der Waals surface area contributed by atoms with Crippen molar-refractivity contribution in [1.82, 2.24) is 15.5 Å². The molecule has 0 saturated heterocycles. The number of para-hydroxylation sites is 1. The van der Waals surface area contributed by atoms with Gasteiger partial charge in [0.1, 0.15) is 35.1 Å². The molecular formula is C33H45N3O8. The molecule has 3 unspecified atom stereocenters. The van der Waals surface area contributed by atoms with Gasteiger partial charge in [-0.2, -0.15) is 0 Å². The second-order valence-corrected chi connectivity index (χ2v) is 13.0. The van der Waals surface area contributed by atoms with Crippen LogP contribution in [0.25, 0.3) is 0 Å². The summed E-state index contributed by atoms with van der Waals surface area (Å²) < 4.78 is 10.9. The smallest absolute Gasteiger partial charge is 0.408 e. The third kappa shape index (κ3) is 9.70. The molecule has 1 saturated carbocycles. The molecule has 3 amide bonds. The molecule has 2 aromatic rings. The highest BCUT2D eigenvalue weighted by Crippen LogP contribution is 2.36. The van der Waals surface area contributed by atoms with E-state index >= 15 is 0 Å². The first-order valence-corrected chi connectivity index (χ1v) is 14.9. The summed E-state index contributed by atoms with van der Waals surface area (Å²) in [6.07, 6.45) is 1.13. The van der Waals surface area contributed by atoms with Crippen molar-refractivity contribution in [3.05, 3.63) is 65.7 Å². The first kappa shape index (κ1) is 34.4. The highest BCUT2D eigenvalue weighted by Gasteiger charge is 2.43. The lowest BCUT2D eigenvalue weighted by molar-refractivity contribution is -0.159. The zero-order chi connectivity index (χ0) is 32.7. The molecule has 0 radical (unpaired) electrons. The molecule has 11 heteroatoms. The van der Waals surface area contributed by atoms with Gasteiger partial charge in [0, 0.05) is 18.0 Å². The number of alkyl carbamates (subject to hydrolysis) is 1. The summed E-state index contributed by atoms with van der Waals surface area (Å²) in [5.41, 5.74) is -0.781. The van der Waals surface area contributed by atoms with Gasteiger partial charge in [-0.15, -0.1) is 0 Å². The van der Waals surface area contributed by atoms with Crippen LogP contribution in [0.15, 0.2) is 54.6 Å². The molecule has 2 aromatic carbocycles. The lowest BCUT2D eigenvalue weighted by atomic mass is 9.87. The van der Waals surface area contributed by atoms with E-state index in [0.717, 1.165) is 12.0 Å². The van der Waals surface area contributed by atoms with E-state index in [2.05, 4.69) is 10.6 Å². The molecular weight excluding hydrogens is 566 g/mol. The summed E-state index contributed by atoms with van der Waals surface area (Å²) >= 11 is 0. The van der Waals surface area contributed by atoms with E-state index in [-0.39, 0.29) is 17.7 Å². The van der Waals surface area contributed by atoms with Crippen LogP contribution in [-0.4, -0.2) is 74.9 Å². The van der Waals surface area contributed by atoms with Crippen molar-refractivity contribution in [2.45, 2.75) is 103 Å². The van der Waals surface area contributed by atoms with Crippen molar-refractivity contribution in [2.75, 3.05) is 6.61 Å².